The van der Waals surface area contributed by atoms with Crippen LogP contribution >= 0.6 is 11.3 Å². The van der Waals surface area contributed by atoms with E-state index in [1.165, 1.54) is 69.9 Å². The molecular formula is C33H43F3OS. The van der Waals surface area contributed by atoms with Crippen LogP contribution in [0.4, 0.5) is 13.2 Å². The van der Waals surface area contributed by atoms with Crippen molar-refractivity contribution >= 4 is 11.3 Å². The molecule has 1 aromatic heterocycles. The Balaban J connectivity index is 1.45. The number of benzene rings is 2. The molecule has 0 saturated heterocycles. The molecule has 0 atom stereocenters. The molecule has 0 bridgehead atoms. The minimum absolute atomic E-state index is 0.0406. The summed E-state index contributed by atoms with van der Waals surface area (Å²) in [6, 6.07) is 15.6. The number of hydrogen-bond acceptors (Lipinski definition) is 2. The van der Waals surface area contributed by atoms with Crippen molar-refractivity contribution in [2.45, 2.75) is 103 Å². The standard InChI is InChI=1S/C33H43F3OS/c1-3-5-7-8-9-10-11-12-13-14-24-37-28-18-15-26(16-19-28)29-20-17-27(25-30(29)34)31-21-22-32(38-31)33(35,36)23-6-4-2/h15-22,25H,3-14,23-24H2,1-2H3. The quantitative estimate of drug-likeness (QED) is 0.145. The third-order valence-electron chi connectivity index (χ3n) is 7.00. The van der Waals surface area contributed by atoms with E-state index in [1.807, 2.05) is 31.2 Å². The van der Waals surface area contributed by atoms with E-state index in [4.69, 9.17) is 4.74 Å². The smallest absolute Gasteiger partial charge is 0.282 e. The van der Waals surface area contributed by atoms with Gasteiger partial charge in [-0.15, -0.1) is 11.3 Å². The predicted molar refractivity (Wildman–Crippen MR) is 156 cm³/mol. The average molecular weight is 545 g/mol. The highest BCUT2D eigenvalue weighted by Gasteiger charge is 2.32. The van der Waals surface area contributed by atoms with Crippen molar-refractivity contribution in [3.05, 3.63) is 65.3 Å². The molecule has 3 aromatic rings. The van der Waals surface area contributed by atoms with Crippen LogP contribution in [0, 0.1) is 5.82 Å². The largest absolute Gasteiger partial charge is 0.494 e. The molecule has 1 heterocycles. The van der Waals surface area contributed by atoms with Crippen molar-refractivity contribution in [1.29, 1.82) is 0 Å². The second kappa shape index (κ2) is 16.0. The van der Waals surface area contributed by atoms with Crippen molar-refractivity contribution in [3.8, 4) is 27.3 Å². The topological polar surface area (TPSA) is 9.23 Å². The number of halogens is 3. The van der Waals surface area contributed by atoms with E-state index in [-0.39, 0.29) is 17.1 Å². The lowest BCUT2D eigenvalue weighted by molar-refractivity contribution is -0.0116. The van der Waals surface area contributed by atoms with Gasteiger partial charge in [-0.05, 0) is 54.3 Å². The summed E-state index contributed by atoms with van der Waals surface area (Å²) in [6.07, 6.45) is 14.0. The van der Waals surface area contributed by atoms with Crippen molar-refractivity contribution in [2.24, 2.45) is 0 Å². The summed E-state index contributed by atoms with van der Waals surface area (Å²) >= 11 is 1.04. The summed E-state index contributed by atoms with van der Waals surface area (Å²) < 4.78 is 49.7. The summed E-state index contributed by atoms with van der Waals surface area (Å²) in [6.45, 7) is 4.85. The van der Waals surface area contributed by atoms with Gasteiger partial charge in [-0.1, -0.05) is 102 Å². The Morgan fingerprint density at radius 2 is 1.29 bits per heavy atom. The number of rotatable bonds is 18. The van der Waals surface area contributed by atoms with Crippen molar-refractivity contribution in [2.75, 3.05) is 6.61 Å². The molecule has 0 fully saturated rings. The van der Waals surface area contributed by atoms with Gasteiger partial charge in [-0.3, -0.25) is 0 Å². The van der Waals surface area contributed by atoms with E-state index in [9.17, 15) is 8.78 Å². The van der Waals surface area contributed by atoms with E-state index in [2.05, 4.69) is 6.92 Å². The Morgan fingerprint density at radius 1 is 0.684 bits per heavy atom. The van der Waals surface area contributed by atoms with Crippen LogP contribution in [0.3, 0.4) is 0 Å². The molecular weight excluding hydrogens is 501 g/mol. The van der Waals surface area contributed by atoms with Gasteiger partial charge >= 0.3 is 0 Å². The molecule has 0 unspecified atom stereocenters. The number of ether oxygens (including phenoxy) is 1. The van der Waals surface area contributed by atoms with Gasteiger partial charge in [-0.2, -0.15) is 0 Å². The molecule has 0 saturated carbocycles. The van der Waals surface area contributed by atoms with Crippen LogP contribution in [0.15, 0.2) is 54.6 Å². The van der Waals surface area contributed by atoms with Gasteiger partial charge in [0, 0.05) is 16.9 Å². The molecule has 0 amide bonds. The number of thiophene rings is 1. The zero-order valence-electron chi connectivity index (χ0n) is 23.0. The molecule has 5 heteroatoms. The highest BCUT2D eigenvalue weighted by Crippen LogP contribution is 2.41. The fourth-order valence-electron chi connectivity index (χ4n) is 4.62. The van der Waals surface area contributed by atoms with E-state index in [1.54, 1.807) is 18.2 Å². The molecule has 208 valence electrons. The van der Waals surface area contributed by atoms with E-state index in [0.29, 0.717) is 29.0 Å². The number of unbranched alkanes of at least 4 members (excludes halogenated alkanes) is 10. The van der Waals surface area contributed by atoms with Gasteiger partial charge in [0.25, 0.3) is 5.92 Å². The summed E-state index contributed by atoms with van der Waals surface area (Å²) in [5.41, 5.74) is 1.86. The first-order valence-electron chi connectivity index (χ1n) is 14.5. The maximum absolute atomic E-state index is 15.0. The van der Waals surface area contributed by atoms with Crippen LogP contribution < -0.4 is 4.74 Å². The van der Waals surface area contributed by atoms with E-state index in [0.717, 1.165) is 35.5 Å². The van der Waals surface area contributed by atoms with Crippen molar-refractivity contribution in [1.82, 2.24) is 0 Å². The summed E-state index contributed by atoms with van der Waals surface area (Å²) in [5.74, 6) is -2.42. The Labute approximate surface area is 231 Å². The molecule has 38 heavy (non-hydrogen) atoms. The highest BCUT2D eigenvalue weighted by atomic mass is 32.1. The normalized spacial score (nSPS) is 11.7. The zero-order valence-corrected chi connectivity index (χ0v) is 23.9. The van der Waals surface area contributed by atoms with Crippen LogP contribution in [-0.4, -0.2) is 6.61 Å². The second-order valence-corrected chi connectivity index (χ2v) is 11.3. The molecule has 0 aliphatic carbocycles. The minimum Gasteiger partial charge on any atom is -0.494 e. The van der Waals surface area contributed by atoms with Gasteiger partial charge in [0.15, 0.2) is 0 Å². The maximum Gasteiger partial charge on any atom is 0.282 e. The third kappa shape index (κ3) is 9.48. The summed E-state index contributed by atoms with van der Waals surface area (Å²) in [4.78, 5) is 0.691. The fraction of sp³-hybridized carbons (Fsp3) is 0.515. The molecule has 1 nitrogen and oxygen atoms in total. The lowest BCUT2D eigenvalue weighted by atomic mass is 10.0. The molecule has 2 aromatic carbocycles. The lowest BCUT2D eigenvalue weighted by Gasteiger charge is -2.13. The maximum atomic E-state index is 15.0. The van der Waals surface area contributed by atoms with Gasteiger partial charge < -0.3 is 4.74 Å². The lowest BCUT2D eigenvalue weighted by Crippen LogP contribution is -2.10. The van der Waals surface area contributed by atoms with Gasteiger partial charge in [0.05, 0.1) is 11.5 Å². The molecule has 0 spiro atoms. The summed E-state index contributed by atoms with van der Waals surface area (Å²) in [7, 11) is 0. The first kappa shape index (κ1) is 30.3. The monoisotopic (exact) mass is 544 g/mol. The van der Waals surface area contributed by atoms with Gasteiger partial charge in [-0.25, -0.2) is 13.2 Å². The van der Waals surface area contributed by atoms with Gasteiger partial charge in [0.2, 0.25) is 0 Å². The fourth-order valence-corrected chi connectivity index (χ4v) is 5.63. The Kier molecular flexibility index (Phi) is 12.7. The number of hydrogen-bond donors (Lipinski definition) is 0. The van der Waals surface area contributed by atoms with E-state index < -0.39 is 5.92 Å². The second-order valence-electron chi connectivity index (χ2n) is 10.2. The van der Waals surface area contributed by atoms with Crippen molar-refractivity contribution < 1.29 is 17.9 Å². The Morgan fingerprint density at radius 3 is 1.92 bits per heavy atom. The Hall–Kier alpha value is -2.27. The molecule has 0 radical (unpaired) electrons. The van der Waals surface area contributed by atoms with Crippen LogP contribution in [0.1, 0.15) is 102 Å². The third-order valence-corrected chi connectivity index (χ3v) is 8.24. The highest BCUT2D eigenvalue weighted by molar-refractivity contribution is 7.15. The SMILES string of the molecule is CCCCCCCCCCCCOc1ccc(-c2ccc(-c3ccc(C(F)(F)CCCC)s3)cc2F)cc1. The number of alkyl halides is 2. The first-order chi connectivity index (χ1) is 18.4. The molecule has 0 N–H and O–H groups in total. The molecule has 0 aliphatic heterocycles. The first-order valence-corrected chi connectivity index (χ1v) is 15.3. The van der Waals surface area contributed by atoms with Crippen LogP contribution in [0.25, 0.3) is 21.6 Å². The minimum atomic E-state index is -2.84. The van der Waals surface area contributed by atoms with Gasteiger partial charge in [0.1, 0.15) is 11.6 Å². The van der Waals surface area contributed by atoms with Crippen LogP contribution in [-0.2, 0) is 5.92 Å². The Bertz CT molecular complexity index is 1070. The molecule has 0 aliphatic rings. The van der Waals surface area contributed by atoms with Crippen LogP contribution in [0.2, 0.25) is 0 Å². The van der Waals surface area contributed by atoms with E-state index >= 15 is 4.39 Å². The molecule has 3 rings (SSSR count). The zero-order chi connectivity index (χ0) is 27.2. The predicted octanol–water partition coefficient (Wildman–Crippen LogP) is 11.8. The van der Waals surface area contributed by atoms with Crippen LogP contribution in [0.5, 0.6) is 5.75 Å². The average Bonchev–Trinajstić information content (AvgIpc) is 3.43. The van der Waals surface area contributed by atoms with Crippen molar-refractivity contribution in [3.63, 3.8) is 0 Å². The summed E-state index contributed by atoms with van der Waals surface area (Å²) in [5, 5.41) is 0.